The summed E-state index contributed by atoms with van der Waals surface area (Å²) < 4.78 is 18.3. The Morgan fingerprint density at radius 2 is 1.75 bits per heavy atom. The Morgan fingerprint density at radius 3 is 2.40 bits per heavy atom. The molecule has 0 unspecified atom stereocenters. The molecule has 106 valence electrons. The van der Waals surface area contributed by atoms with Crippen molar-refractivity contribution in [2.75, 3.05) is 14.2 Å². The van der Waals surface area contributed by atoms with Gasteiger partial charge in [0.2, 0.25) is 0 Å². The highest BCUT2D eigenvalue weighted by molar-refractivity contribution is 5.33. The molecular weight excluding hydrogens is 253 g/mol. The van der Waals surface area contributed by atoms with Crippen molar-refractivity contribution in [3.63, 3.8) is 0 Å². The third-order valence-corrected chi connectivity index (χ3v) is 3.63. The lowest BCUT2D eigenvalue weighted by Gasteiger charge is -2.25. The van der Waals surface area contributed by atoms with Crippen LogP contribution in [0, 0.1) is 5.82 Å². The van der Waals surface area contributed by atoms with Crippen molar-refractivity contribution in [3.05, 3.63) is 65.5 Å². The Hall–Kier alpha value is -1.87. The second-order valence-electron chi connectivity index (χ2n) is 4.95. The monoisotopic (exact) mass is 273 g/mol. The summed E-state index contributed by atoms with van der Waals surface area (Å²) >= 11 is 0. The molecular formula is C17H20FNO. The lowest BCUT2D eigenvalue weighted by atomic mass is 10.1. The van der Waals surface area contributed by atoms with Gasteiger partial charge in [-0.05, 0) is 37.7 Å². The van der Waals surface area contributed by atoms with Gasteiger partial charge in [0.25, 0.3) is 0 Å². The summed E-state index contributed by atoms with van der Waals surface area (Å²) in [6.45, 7) is 2.89. The summed E-state index contributed by atoms with van der Waals surface area (Å²) in [7, 11) is 3.74. The first-order valence-corrected chi connectivity index (χ1v) is 6.69. The van der Waals surface area contributed by atoms with Crippen molar-refractivity contribution in [1.82, 2.24) is 4.90 Å². The summed E-state index contributed by atoms with van der Waals surface area (Å²) in [5.74, 6) is 0.694. The molecule has 1 atom stereocenters. The van der Waals surface area contributed by atoms with Crippen molar-refractivity contribution in [2.24, 2.45) is 0 Å². The van der Waals surface area contributed by atoms with Crippen LogP contribution in [0.4, 0.5) is 4.39 Å². The number of hydrogen-bond acceptors (Lipinski definition) is 2. The van der Waals surface area contributed by atoms with E-state index in [1.165, 1.54) is 12.1 Å². The second kappa shape index (κ2) is 6.53. The van der Waals surface area contributed by atoms with Crippen LogP contribution in [0.3, 0.4) is 0 Å². The molecule has 0 spiro atoms. The predicted octanol–water partition coefficient (Wildman–Crippen LogP) is 4.03. The highest BCUT2D eigenvalue weighted by atomic mass is 19.1. The zero-order valence-electron chi connectivity index (χ0n) is 12.1. The van der Waals surface area contributed by atoms with Crippen LogP contribution in [-0.4, -0.2) is 19.1 Å². The second-order valence-corrected chi connectivity index (χ2v) is 4.95. The van der Waals surface area contributed by atoms with Crippen LogP contribution < -0.4 is 4.74 Å². The normalized spacial score (nSPS) is 12.4. The first-order valence-electron chi connectivity index (χ1n) is 6.69. The number of rotatable bonds is 5. The molecule has 20 heavy (non-hydrogen) atoms. The van der Waals surface area contributed by atoms with Crippen molar-refractivity contribution in [2.45, 2.75) is 19.5 Å². The molecule has 0 N–H and O–H groups in total. The molecule has 0 heterocycles. The van der Waals surface area contributed by atoms with Crippen molar-refractivity contribution >= 4 is 0 Å². The molecule has 0 aliphatic carbocycles. The Morgan fingerprint density at radius 1 is 1.10 bits per heavy atom. The quantitative estimate of drug-likeness (QED) is 0.815. The van der Waals surface area contributed by atoms with E-state index in [9.17, 15) is 4.39 Å². The van der Waals surface area contributed by atoms with Crippen LogP contribution in [0.15, 0.2) is 48.5 Å². The summed E-state index contributed by atoms with van der Waals surface area (Å²) in [4.78, 5) is 2.21. The molecule has 3 heteroatoms. The smallest absolute Gasteiger partial charge is 0.123 e. The zero-order chi connectivity index (χ0) is 14.5. The fourth-order valence-corrected chi connectivity index (χ4v) is 2.23. The highest BCUT2D eigenvalue weighted by Gasteiger charge is 2.13. The first kappa shape index (κ1) is 14.5. The number of benzene rings is 2. The Kier molecular flexibility index (Phi) is 4.74. The molecule has 2 rings (SSSR count). The molecule has 0 fully saturated rings. The largest absolute Gasteiger partial charge is 0.496 e. The van der Waals surface area contributed by atoms with E-state index in [1.54, 1.807) is 7.11 Å². The summed E-state index contributed by atoms with van der Waals surface area (Å²) in [5.41, 5.74) is 2.25. The SMILES string of the molecule is COc1ccccc1CN(C)[C@H](C)c1ccc(F)cc1. The predicted molar refractivity (Wildman–Crippen MR) is 79.3 cm³/mol. The van der Waals surface area contributed by atoms with Gasteiger partial charge in [-0.3, -0.25) is 4.90 Å². The maximum Gasteiger partial charge on any atom is 0.123 e. The van der Waals surface area contributed by atoms with E-state index in [1.807, 2.05) is 30.3 Å². The number of hydrogen-bond donors (Lipinski definition) is 0. The molecule has 2 nitrogen and oxygen atoms in total. The molecule has 0 bridgehead atoms. The zero-order valence-corrected chi connectivity index (χ0v) is 12.1. The average Bonchev–Trinajstić information content (AvgIpc) is 2.48. The van der Waals surface area contributed by atoms with Gasteiger partial charge in [0.05, 0.1) is 7.11 Å². The van der Waals surface area contributed by atoms with E-state index in [2.05, 4.69) is 24.9 Å². The van der Waals surface area contributed by atoms with Gasteiger partial charge >= 0.3 is 0 Å². The molecule has 2 aromatic carbocycles. The fraction of sp³-hybridized carbons (Fsp3) is 0.294. The molecule has 2 aromatic rings. The first-order chi connectivity index (χ1) is 9.61. The maximum atomic E-state index is 13.0. The molecule has 0 saturated heterocycles. The summed E-state index contributed by atoms with van der Waals surface area (Å²) in [6.07, 6.45) is 0. The van der Waals surface area contributed by atoms with Gasteiger partial charge in [0, 0.05) is 18.2 Å². The lowest BCUT2D eigenvalue weighted by molar-refractivity contribution is 0.249. The van der Waals surface area contributed by atoms with Crippen LogP contribution >= 0.6 is 0 Å². The number of halogens is 1. The van der Waals surface area contributed by atoms with Crippen LogP contribution in [0.2, 0.25) is 0 Å². The molecule has 0 saturated carbocycles. The topological polar surface area (TPSA) is 12.5 Å². The third kappa shape index (κ3) is 3.36. The van der Waals surface area contributed by atoms with Gasteiger partial charge in [-0.1, -0.05) is 30.3 Å². The molecule has 0 aromatic heterocycles. The third-order valence-electron chi connectivity index (χ3n) is 3.63. The van der Waals surface area contributed by atoms with E-state index in [0.717, 1.165) is 23.4 Å². The molecule has 0 radical (unpaired) electrons. The minimum atomic E-state index is -0.201. The highest BCUT2D eigenvalue weighted by Crippen LogP contribution is 2.24. The van der Waals surface area contributed by atoms with Gasteiger partial charge < -0.3 is 4.74 Å². The standard InChI is InChI=1S/C17H20FNO/c1-13(14-8-10-16(18)11-9-14)19(2)12-15-6-4-5-7-17(15)20-3/h4-11,13H,12H2,1-3H3/t13-/m1/s1. The molecule has 0 aliphatic heterocycles. The summed E-state index contributed by atoms with van der Waals surface area (Å²) in [6, 6.07) is 14.9. The Bertz CT molecular complexity index is 553. The Balaban J connectivity index is 2.11. The fourth-order valence-electron chi connectivity index (χ4n) is 2.23. The van der Waals surface area contributed by atoms with E-state index in [4.69, 9.17) is 4.74 Å². The molecule has 0 amide bonds. The number of nitrogens with zero attached hydrogens (tertiary/aromatic N) is 1. The minimum Gasteiger partial charge on any atom is -0.496 e. The van der Waals surface area contributed by atoms with Crippen LogP contribution in [0.25, 0.3) is 0 Å². The van der Waals surface area contributed by atoms with Gasteiger partial charge in [0.1, 0.15) is 11.6 Å². The number of ether oxygens (including phenoxy) is 1. The van der Waals surface area contributed by atoms with E-state index >= 15 is 0 Å². The average molecular weight is 273 g/mol. The van der Waals surface area contributed by atoms with Gasteiger partial charge in [0.15, 0.2) is 0 Å². The van der Waals surface area contributed by atoms with Crippen molar-refractivity contribution in [1.29, 1.82) is 0 Å². The maximum absolute atomic E-state index is 13.0. The minimum absolute atomic E-state index is 0.201. The Labute approximate surface area is 119 Å². The van der Waals surface area contributed by atoms with Gasteiger partial charge in [-0.2, -0.15) is 0 Å². The van der Waals surface area contributed by atoms with Crippen LogP contribution in [0.1, 0.15) is 24.1 Å². The van der Waals surface area contributed by atoms with Crippen molar-refractivity contribution in [3.8, 4) is 5.75 Å². The van der Waals surface area contributed by atoms with Crippen LogP contribution in [-0.2, 0) is 6.54 Å². The lowest BCUT2D eigenvalue weighted by Crippen LogP contribution is -2.22. The van der Waals surface area contributed by atoms with Crippen molar-refractivity contribution < 1.29 is 9.13 Å². The van der Waals surface area contributed by atoms with Crippen LogP contribution in [0.5, 0.6) is 5.75 Å². The summed E-state index contributed by atoms with van der Waals surface area (Å²) in [5, 5.41) is 0. The van der Waals surface area contributed by atoms with Gasteiger partial charge in [-0.15, -0.1) is 0 Å². The van der Waals surface area contributed by atoms with E-state index in [-0.39, 0.29) is 11.9 Å². The molecule has 0 aliphatic rings. The van der Waals surface area contributed by atoms with Gasteiger partial charge in [-0.25, -0.2) is 4.39 Å². The number of para-hydroxylation sites is 1. The number of methoxy groups -OCH3 is 1. The van der Waals surface area contributed by atoms with E-state index in [0.29, 0.717) is 0 Å². The van der Waals surface area contributed by atoms with E-state index < -0.39 is 0 Å².